The largest absolute Gasteiger partial charge is 0.443 e. The van der Waals surface area contributed by atoms with Gasteiger partial charge in [-0.15, -0.1) is 0 Å². The maximum absolute atomic E-state index is 12.9. The molecular weight excluding hydrogens is 378 g/mol. The Balaban J connectivity index is 1.40. The molecule has 1 aliphatic heterocycles. The topological polar surface area (TPSA) is 75.4 Å². The molecule has 1 saturated heterocycles. The van der Waals surface area contributed by atoms with Gasteiger partial charge in [0.1, 0.15) is 11.8 Å². The third kappa shape index (κ3) is 4.76. The molecule has 6 heteroatoms. The van der Waals surface area contributed by atoms with Gasteiger partial charge >= 0.3 is 0 Å². The van der Waals surface area contributed by atoms with Crippen molar-refractivity contribution >= 4 is 11.8 Å². The first kappa shape index (κ1) is 19.9. The lowest BCUT2D eigenvalue weighted by Crippen LogP contribution is -2.44. The minimum absolute atomic E-state index is 0.0399. The number of piperidine rings is 1. The molecule has 154 valence electrons. The fraction of sp³-hybridized carbons (Fsp3) is 0.292. The van der Waals surface area contributed by atoms with Crippen LogP contribution in [0.3, 0.4) is 0 Å². The summed E-state index contributed by atoms with van der Waals surface area (Å²) in [7, 11) is 0. The van der Waals surface area contributed by atoms with Gasteiger partial charge < -0.3 is 14.6 Å². The zero-order valence-electron chi connectivity index (χ0n) is 16.8. The number of hydrogen-bond acceptors (Lipinski definition) is 4. The molecule has 30 heavy (non-hydrogen) atoms. The predicted octanol–water partition coefficient (Wildman–Crippen LogP) is 3.75. The van der Waals surface area contributed by atoms with Crippen LogP contribution in [0.15, 0.2) is 71.3 Å². The van der Waals surface area contributed by atoms with Crippen molar-refractivity contribution in [1.29, 1.82) is 0 Å². The van der Waals surface area contributed by atoms with E-state index in [9.17, 15) is 9.59 Å². The predicted molar refractivity (Wildman–Crippen MR) is 113 cm³/mol. The van der Waals surface area contributed by atoms with Crippen LogP contribution in [-0.2, 0) is 11.2 Å². The van der Waals surface area contributed by atoms with Gasteiger partial charge in [-0.25, -0.2) is 4.98 Å². The molecule has 0 saturated carbocycles. The Morgan fingerprint density at radius 1 is 1.03 bits per heavy atom. The second kappa shape index (κ2) is 9.39. The Bertz CT molecular complexity index is 985. The summed E-state index contributed by atoms with van der Waals surface area (Å²) in [6.07, 6.45) is 5.18. The van der Waals surface area contributed by atoms with Gasteiger partial charge in [0.05, 0.1) is 12.7 Å². The molecule has 0 radical (unpaired) electrons. The van der Waals surface area contributed by atoms with Crippen molar-refractivity contribution in [2.24, 2.45) is 0 Å². The van der Waals surface area contributed by atoms with Gasteiger partial charge in [0.15, 0.2) is 0 Å². The molecule has 1 atom stereocenters. The lowest BCUT2D eigenvalue weighted by atomic mass is 10.0. The normalized spacial score (nSPS) is 16.3. The van der Waals surface area contributed by atoms with Gasteiger partial charge in [0.2, 0.25) is 11.8 Å². The van der Waals surface area contributed by atoms with Crippen molar-refractivity contribution in [3.05, 3.63) is 89.6 Å². The number of aromatic nitrogens is 1. The van der Waals surface area contributed by atoms with E-state index < -0.39 is 0 Å². The van der Waals surface area contributed by atoms with E-state index in [1.54, 1.807) is 35.4 Å². The third-order valence-corrected chi connectivity index (χ3v) is 5.34. The quantitative estimate of drug-likeness (QED) is 0.680. The van der Waals surface area contributed by atoms with E-state index in [1.165, 1.54) is 0 Å². The second-order valence-electron chi connectivity index (χ2n) is 7.47. The number of carbonyl (C=O) groups is 2. The summed E-state index contributed by atoms with van der Waals surface area (Å²) in [6, 6.07) is 18.8. The van der Waals surface area contributed by atoms with Crippen LogP contribution >= 0.6 is 0 Å². The van der Waals surface area contributed by atoms with E-state index in [-0.39, 0.29) is 24.4 Å². The number of hydrogen-bond donors (Lipinski definition) is 1. The van der Waals surface area contributed by atoms with E-state index in [0.29, 0.717) is 24.4 Å². The van der Waals surface area contributed by atoms with Gasteiger partial charge in [-0.05, 0) is 37.0 Å². The summed E-state index contributed by atoms with van der Waals surface area (Å²) < 4.78 is 6.01. The number of benzene rings is 2. The van der Waals surface area contributed by atoms with Gasteiger partial charge in [-0.2, -0.15) is 0 Å². The van der Waals surface area contributed by atoms with Crippen molar-refractivity contribution in [3.63, 3.8) is 0 Å². The van der Waals surface area contributed by atoms with Crippen LogP contribution in [0.2, 0.25) is 0 Å². The van der Waals surface area contributed by atoms with Crippen LogP contribution in [0, 0.1) is 0 Å². The zero-order chi connectivity index (χ0) is 20.8. The zero-order valence-corrected chi connectivity index (χ0v) is 16.8. The van der Waals surface area contributed by atoms with E-state index in [1.807, 2.05) is 36.4 Å². The third-order valence-electron chi connectivity index (χ3n) is 5.34. The Hall–Kier alpha value is -3.41. The number of rotatable bonds is 6. The van der Waals surface area contributed by atoms with Gasteiger partial charge in [-0.3, -0.25) is 9.59 Å². The molecule has 0 bridgehead atoms. The number of carbonyl (C=O) groups excluding carboxylic acids is 2. The molecule has 6 nitrogen and oxygen atoms in total. The summed E-state index contributed by atoms with van der Waals surface area (Å²) in [5, 5.41) is 2.72. The van der Waals surface area contributed by atoms with Crippen molar-refractivity contribution in [1.82, 2.24) is 15.2 Å². The number of oxazole rings is 1. The summed E-state index contributed by atoms with van der Waals surface area (Å²) in [4.78, 5) is 31.4. The van der Waals surface area contributed by atoms with Gasteiger partial charge in [0, 0.05) is 18.5 Å². The minimum Gasteiger partial charge on any atom is -0.443 e. The summed E-state index contributed by atoms with van der Waals surface area (Å²) in [5.74, 6) is 0.987. The summed E-state index contributed by atoms with van der Waals surface area (Å²) in [5.41, 5.74) is 1.69. The fourth-order valence-electron chi connectivity index (χ4n) is 3.79. The van der Waals surface area contributed by atoms with E-state index in [0.717, 1.165) is 30.6 Å². The molecule has 4 rings (SSSR count). The first-order chi connectivity index (χ1) is 14.7. The molecular formula is C24H25N3O3. The van der Waals surface area contributed by atoms with Crippen molar-refractivity contribution in [2.75, 3.05) is 13.1 Å². The second-order valence-corrected chi connectivity index (χ2v) is 7.47. The molecule has 2 aromatic carbocycles. The molecule has 1 fully saturated rings. The molecule has 3 aromatic rings. The lowest BCUT2D eigenvalue weighted by Gasteiger charge is -2.33. The average molecular weight is 403 g/mol. The number of amides is 2. The lowest BCUT2D eigenvalue weighted by molar-refractivity contribution is -0.134. The maximum Gasteiger partial charge on any atom is 0.251 e. The molecule has 0 unspecified atom stereocenters. The highest BCUT2D eigenvalue weighted by molar-refractivity contribution is 5.96. The fourth-order valence-corrected chi connectivity index (χ4v) is 3.79. The minimum atomic E-state index is -0.251. The Labute approximate surface area is 175 Å². The molecule has 2 heterocycles. The van der Waals surface area contributed by atoms with Crippen LogP contribution in [0.25, 0.3) is 0 Å². The number of nitrogens with zero attached hydrogens (tertiary/aromatic N) is 2. The van der Waals surface area contributed by atoms with Crippen LogP contribution < -0.4 is 5.32 Å². The maximum atomic E-state index is 12.9. The molecule has 2 amide bonds. The Morgan fingerprint density at radius 3 is 2.53 bits per heavy atom. The summed E-state index contributed by atoms with van der Waals surface area (Å²) in [6.45, 7) is 0.600. The van der Waals surface area contributed by atoms with Gasteiger partial charge in [0.25, 0.3) is 5.91 Å². The molecule has 1 aromatic heterocycles. The van der Waals surface area contributed by atoms with Crippen LogP contribution in [-0.4, -0.2) is 34.8 Å². The molecule has 1 aliphatic rings. The highest BCUT2D eigenvalue weighted by Gasteiger charge is 2.31. The molecule has 1 N–H and O–H groups in total. The van der Waals surface area contributed by atoms with Crippen LogP contribution in [0.4, 0.5) is 0 Å². The standard InChI is InChI=1S/C24H25N3O3/c28-22(17-25-23(29)19-11-5-2-6-12-19)27-14-8-7-13-21(27)24-26-16-20(30-24)15-18-9-3-1-4-10-18/h1-6,9-12,16,21H,7-8,13-15,17H2,(H,25,29)/t21-/m1/s1. The Kier molecular flexibility index (Phi) is 6.23. The first-order valence-electron chi connectivity index (χ1n) is 10.3. The smallest absolute Gasteiger partial charge is 0.251 e. The highest BCUT2D eigenvalue weighted by Crippen LogP contribution is 2.31. The first-order valence-corrected chi connectivity index (χ1v) is 10.3. The molecule has 0 spiro atoms. The monoisotopic (exact) mass is 403 g/mol. The van der Waals surface area contributed by atoms with Crippen molar-refractivity contribution < 1.29 is 14.0 Å². The molecule has 0 aliphatic carbocycles. The van der Waals surface area contributed by atoms with Crippen molar-refractivity contribution in [3.8, 4) is 0 Å². The SMILES string of the molecule is O=C(NCC(=O)N1CCCC[C@@H]1c1ncc(Cc2ccccc2)o1)c1ccccc1. The van der Waals surface area contributed by atoms with E-state index >= 15 is 0 Å². The van der Waals surface area contributed by atoms with E-state index in [4.69, 9.17) is 4.42 Å². The van der Waals surface area contributed by atoms with E-state index in [2.05, 4.69) is 10.3 Å². The van der Waals surface area contributed by atoms with Gasteiger partial charge in [-0.1, -0.05) is 48.5 Å². The van der Waals surface area contributed by atoms with Crippen LogP contribution in [0.1, 0.15) is 52.9 Å². The highest BCUT2D eigenvalue weighted by atomic mass is 16.4. The average Bonchev–Trinajstić information content (AvgIpc) is 3.27. The van der Waals surface area contributed by atoms with Crippen LogP contribution in [0.5, 0.6) is 0 Å². The van der Waals surface area contributed by atoms with Crippen molar-refractivity contribution in [2.45, 2.75) is 31.7 Å². The number of likely N-dealkylation sites (tertiary alicyclic amines) is 1. The summed E-state index contributed by atoms with van der Waals surface area (Å²) >= 11 is 0. The number of nitrogens with one attached hydrogen (secondary N) is 1. The Morgan fingerprint density at radius 2 is 1.77 bits per heavy atom.